The van der Waals surface area contributed by atoms with E-state index in [1.807, 2.05) is 24.3 Å². The van der Waals surface area contributed by atoms with Crippen molar-refractivity contribution in [3.05, 3.63) is 29.8 Å². The second-order valence-electron chi connectivity index (χ2n) is 5.65. The molecule has 19 heavy (non-hydrogen) atoms. The molecule has 1 aliphatic rings. The first-order valence-corrected chi connectivity index (χ1v) is 6.76. The highest BCUT2D eigenvalue weighted by Gasteiger charge is 2.25. The minimum atomic E-state index is 0.0422. The zero-order chi connectivity index (χ0) is 14.0. The van der Waals surface area contributed by atoms with Gasteiger partial charge in [-0.25, -0.2) is 0 Å². The van der Waals surface area contributed by atoms with Gasteiger partial charge in [-0.3, -0.25) is 4.79 Å². The molecule has 0 aromatic heterocycles. The highest BCUT2D eigenvalue weighted by molar-refractivity contribution is 5.94. The van der Waals surface area contributed by atoms with E-state index in [9.17, 15) is 4.79 Å². The predicted molar refractivity (Wildman–Crippen MR) is 78.6 cm³/mol. The number of carbonyl (C=O) groups is 1. The number of anilines is 1. The normalized spacial score (nSPS) is 23.4. The fourth-order valence-electron chi connectivity index (χ4n) is 2.53. The van der Waals surface area contributed by atoms with Crippen LogP contribution in [0.25, 0.3) is 0 Å². The third-order valence-electron chi connectivity index (χ3n) is 3.77. The van der Waals surface area contributed by atoms with Crippen LogP contribution >= 0.6 is 0 Å². The zero-order valence-corrected chi connectivity index (χ0v) is 12.2. The molecule has 1 saturated heterocycles. The van der Waals surface area contributed by atoms with Crippen molar-refractivity contribution in [2.24, 2.45) is 0 Å². The monoisotopic (exact) mass is 261 g/mol. The molecule has 1 fully saturated rings. The van der Waals surface area contributed by atoms with Crippen LogP contribution in [0.15, 0.2) is 24.3 Å². The van der Waals surface area contributed by atoms with Gasteiger partial charge in [0.15, 0.2) is 0 Å². The molecule has 0 radical (unpaired) electrons. The van der Waals surface area contributed by atoms with Gasteiger partial charge in [0.1, 0.15) is 0 Å². The van der Waals surface area contributed by atoms with Gasteiger partial charge in [-0.1, -0.05) is 6.07 Å². The molecule has 2 unspecified atom stereocenters. The molecule has 0 saturated carbocycles. The number of benzene rings is 1. The molecule has 0 bridgehead atoms. The Morgan fingerprint density at radius 3 is 2.74 bits per heavy atom. The molecule has 0 aliphatic carbocycles. The van der Waals surface area contributed by atoms with Crippen molar-refractivity contribution in [1.82, 2.24) is 9.80 Å². The van der Waals surface area contributed by atoms with Crippen molar-refractivity contribution in [1.29, 1.82) is 0 Å². The largest absolute Gasteiger partial charge is 0.381 e. The quantitative estimate of drug-likeness (QED) is 0.902. The first-order chi connectivity index (χ1) is 8.97. The number of amides is 1. The number of hydrogen-bond donors (Lipinski definition) is 1. The molecule has 1 heterocycles. The van der Waals surface area contributed by atoms with Crippen LogP contribution in [-0.4, -0.2) is 55.5 Å². The standard InChI is InChI=1S/C15H23N3O/c1-11-8-14(10-18(11)4)16-13-7-5-6-12(9-13)15(19)17(2)3/h5-7,9,11,14,16H,8,10H2,1-4H3. The van der Waals surface area contributed by atoms with Gasteiger partial charge in [0.2, 0.25) is 0 Å². The number of carbonyl (C=O) groups excluding carboxylic acids is 1. The third kappa shape index (κ3) is 3.26. The number of likely N-dealkylation sites (N-methyl/N-ethyl adjacent to an activating group) is 1. The van der Waals surface area contributed by atoms with Crippen LogP contribution in [0.5, 0.6) is 0 Å². The molecule has 104 valence electrons. The minimum absolute atomic E-state index is 0.0422. The molecule has 1 amide bonds. The van der Waals surface area contributed by atoms with Gasteiger partial charge in [-0.05, 0) is 38.6 Å². The fraction of sp³-hybridized carbons (Fsp3) is 0.533. The van der Waals surface area contributed by atoms with Gasteiger partial charge in [-0.2, -0.15) is 0 Å². The van der Waals surface area contributed by atoms with Gasteiger partial charge in [0.25, 0.3) is 5.91 Å². The molecule has 4 heteroatoms. The summed E-state index contributed by atoms with van der Waals surface area (Å²) in [5, 5.41) is 3.52. The third-order valence-corrected chi connectivity index (χ3v) is 3.77. The Hall–Kier alpha value is -1.55. The highest BCUT2D eigenvalue weighted by atomic mass is 16.2. The average molecular weight is 261 g/mol. The molecule has 1 aliphatic heterocycles. The first-order valence-electron chi connectivity index (χ1n) is 6.76. The number of hydrogen-bond acceptors (Lipinski definition) is 3. The summed E-state index contributed by atoms with van der Waals surface area (Å²) in [5.41, 5.74) is 1.76. The van der Waals surface area contributed by atoms with Crippen LogP contribution in [-0.2, 0) is 0 Å². The van der Waals surface area contributed by atoms with E-state index < -0.39 is 0 Å². The second-order valence-corrected chi connectivity index (χ2v) is 5.65. The maximum Gasteiger partial charge on any atom is 0.253 e. The molecular formula is C15H23N3O. The average Bonchev–Trinajstić information content (AvgIpc) is 2.67. The van der Waals surface area contributed by atoms with Crippen molar-refractivity contribution >= 4 is 11.6 Å². The van der Waals surface area contributed by atoms with Gasteiger partial charge in [0.05, 0.1) is 0 Å². The Balaban J connectivity index is 2.06. The van der Waals surface area contributed by atoms with Crippen LogP contribution in [0.1, 0.15) is 23.7 Å². The van der Waals surface area contributed by atoms with E-state index >= 15 is 0 Å². The summed E-state index contributed by atoms with van der Waals surface area (Å²) in [4.78, 5) is 15.9. The van der Waals surface area contributed by atoms with E-state index in [0.717, 1.165) is 24.2 Å². The van der Waals surface area contributed by atoms with Gasteiger partial charge in [0, 0.05) is 44.0 Å². The molecule has 1 aromatic rings. The van der Waals surface area contributed by atoms with E-state index in [2.05, 4.69) is 24.2 Å². The molecule has 1 aromatic carbocycles. The van der Waals surface area contributed by atoms with Crippen LogP contribution < -0.4 is 5.32 Å². The summed E-state index contributed by atoms with van der Waals surface area (Å²) < 4.78 is 0. The molecule has 0 spiro atoms. The maximum atomic E-state index is 11.9. The Morgan fingerprint density at radius 1 is 1.42 bits per heavy atom. The zero-order valence-electron chi connectivity index (χ0n) is 12.2. The lowest BCUT2D eigenvalue weighted by atomic mass is 10.1. The summed E-state index contributed by atoms with van der Waals surface area (Å²) >= 11 is 0. The van der Waals surface area contributed by atoms with E-state index in [-0.39, 0.29) is 5.91 Å². The summed E-state index contributed by atoms with van der Waals surface area (Å²) in [6, 6.07) is 8.83. The van der Waals surface area contributed by atoms with Crippen LogP contribution in [0.2, 0.25) is 0 Å². The van der Waals surface area contributed by atoms with Crippen molar-refractivity contribution < 1.29 is 4.79 Å². The fourth-order valence-corrected chi connectivity index (χ4v) is 2.53. The summed E-state index contributed by atoms with van der Waals surface area (Å²) in [6.45, 7) is 3.29. The molecule has 1 N–H and O–H groups in total. The van der Waals surface area contributed by atoms with Crippen LogP contribution in [0.3, 0.4) is 0 Å². The van der Waals surface area contributed by atoms with Gasteiger partial charge < -0.3 is 15.1 Å². The number of nitrogens with one attached hydrogen (secondary N) is 1. The lowest BCUT2D eigenvalue weighted by molar-refractivity contribution is 0.0827. The lowest BCUT2D eigenvalue weighted by Crippen LogP contribution is -2.25. The minimum Gasteiger partial charge on any atom is -0.381 e. The molecule has 2 atom stereocenters. The van der Waals surface area contributed by atoms with E-state index in [4.69, 9.17) is 0 Å². The van der Waals surface area contributed by atoms with Crippen molar-refractivity contribution in [2.45, 2.75) is 25.4 Å². The maximum absolute atomic E-state index is 11.9. The van der Waals surface area contributed by atoms with Crippen LogP contribution in [0.4, 0.5) is 5.69 Å². The van der Waals surface area contributed by atoms with E-state index in [1.165, 1.54) is 0 Å². The lowest BCUT2D eigenvalue weighted by Gasteiger charge is -2.16. The van der Waals surface area contributed by atoms with Crippen molar-refractivity contribution in [3.8, 4) is 0 Å². The number of nitrogens with zero attached hydrogens (tertiary/aromatic N) is 2. The summed E-state index contributed by atoms with van der Waals surface area (Å²) in [7, 11) is 5.70. The van der Waals surface area contributed by atoms with Gasteiger partial charge in [-0.15, -0.1) is 0 Å². The smallest absolute Gasteiger partial charge is 0.253 e. The molecule has 4 nitrogen and oxygen atoms in total. The Bertz CT molecular complexity index is 448. The first kappa shape index (κ1) is 13.9. The van der Waals surface area contributed by atoms with Gasteiger partial charge >= 0.3 is 0 Å². The van der Waals surface area contributed by atoms with Crippen molar-refractivity contribution in [3.63, 3.8) is 0 Å². The number of likely N-dealkylation sites (tertiary alicyclic amines) is 1. The van der Waals surface area contributed by atoms with Crippen molar-refractivity contribution in [2.75, 3.05) is 33.0 Å². The summed E-state index contributed by atoms with van der Waals surface area (Å²) in [6.07, 6.45) is 1.14. The SMILES string of the molecule is CC1CC(Nc2cccc(C(=O)N(C)C)c2)CN1C. The second kappa shape index (κ2) is 5.61. The Morgan fingerprint density at radius 2 is 2.16 bits per heavy atom. The highest BCUT2D eigenvalue weighted by Crippen LogP contribution is 2.20. The predicted octanol–water partition coefficient (Wildman–Crippen LogP) is 1.89. The van der Waals surface area contributed by atoms with Crippen LogP contribution in [0, 0.1) is 0 Å². The molecular weight excluding hydrogens is 238 g/mol. The van der Waals surface area contributed by atoms with E-state index in [0.29, 0.717) is 12.1 Å². The Kier molecular flexibility index (Phi) is 4.10. The molecule has 2 rings (SSSR count). The van der Waals surface area contributed by atoms with E-state index in [1.54, 1.807) is 19.0 Å². The number of rotatable bonds is 3. The summed E-state index contributed by atoms with van der Waals surface area (Å²) in [5.74, 6) is 0.0422. The topological polar surface area (TPSA) is 35.6 Å². The Labute approximate surface area is 115 Å².